The van der Waals surface area contributed by atoms with Gasteiger partial charge in [0.05, 0.1) is 17.3 Å². The van der Waals surface area contributed by atoms with Gasteiger partial charge >= 0.3 is 0 Å². The number of fused-ring (bicyclic) bond motifs is 1. The number of carbonyl (C=O) groups is 1. The molecule has 1 amide bonds. The number of carbonyl (C=O) groups excluding carboxylic acids is 1. The predicted octanol–water partition coefficient (Wildman–Crippen LogP) is 2.23. The van der Waals surface area contributed by atoms with E-state index in [0.717, 1.165) is 43.7 Å². The summed E-state index contributed by atoms with van der Waals surface area (Å²) in [6.45, 7) is 2.82. The summed E-state index contributed by atoms with van der Waals surface area (Å²) >= 11 is 0. The van der Waals surface area contributed by atoms with E-state index in [1.165, 1.54) is 11.9 Å². The van der Waals surface area contributed by atoms with E-state index in [9.17, 15) is 4.79 Å². The Hall–Kier alpha value is -3.24. The van der Waals surface area contributed by atoms with Crippen molar-refractivity contribution in [3.63, 3.8) is 0 Å². The molecule has 27 heavy (non-hydrogen) atoms. The molecule has 1 saturated heterocycles. The van der Waals surface area contributed by atoms with Crippen LogP contribution in [0.15, 0.2) is 42.7 Å². The Labute approximate surface area is 157 Å². The fourth-order valence-electron chi connectivity index (χ4n) is 3.58. The fourth-order valence-corrected chi connectivity index (χ4v) is 3.58. The van der Waals surface area contributed by atoms with E-state index in [-0.39, 0.29) is 5.92 Å². The maximum atomic E-state index is 11.6. The maximum Gasteiger partial charge on any atom is 0.252 e. The normalized spacial score (nSPS) is 15.7. The zero-order chi connectivity index (χ0) is 18.8. The molecule has 1 aromatic carbocycles. The number of aromatic nitrogens is 3. The van der Waals surface area contributed by atoms with Crippen LogP contribution in [0, 0.1) is 17.2 Å². The molecule has 0 spiro atoms. The molecule has 7 heteroatoms. The highest BCUT2D eigenvalue weighted by Gasteiger charge is 2.19. The molecule has 3 aromatic rings. The van der Waals surface area contributed by atoms with Crippen molar-refractivity contribution >= 4 is 11.6 Å². The standard InChI is InChI=1S/C20H20N6O/c21-11-14-7-9-25(10-8-14)12-15-1-3-16(4-2-15)18-6-5-17(19(22)27)20-23-13-24-26(18)20/h1-6,13-14H,7-10,12H2,(H2,22,27). The topological polar surface area (TPSA) is 100 Å². The van der Waals surface area contributed by atoms with Gasteiger partial charge in [0.15, 0.2) is 5.65 Å². The van der Waals surface area contributed by atoms with Crippen molar-refractivity contribution in [3.05, 3.63) is 53.9 Å². The van der Waals surface area contributed by atoms with Crippen LogP contribution in [0.4, 0.5) is 0 Å². The lowest BCUT2D eigenvalue weighted by Crippen LogP contribution is -2.32. The number of pyridine rings is 1. The Bertz CT molecular complexity index is 1010. The van der Waals surface area contributed by atoms with Gasteiger partial charge in [0.2, 0.25) is 0 Å². The molecule has 136 valence electrons. The van der Waals surface area contributed by atoms with Crippen LogP contribution in [-0.4, -0.2) is 38.5 Å². The zero-order valence-electron chi connectivity index (χ0n) is 14.9. The van der Waals surface area contributed by atoms with Crippen molar-refractivity contribution in [3.8, 4) is 17.3 Å². The Morgan fingerprint density at radius 2 is 1.93 bits per heavy atom. The molecule has 0 atom stereocenters. The zero-order valence-corrected chi connectivity index (χ0v) is 14.9. The molecule has 2 aromatic heterocycles. The minimum atomic E-state index is -0.518. The number of hydrogen-bond donors (Lipinski definition) is 1. The van der Waals surface area contributed by atoms with Crippen LogP contribution in [0.3, 0.4) is 0 Å². The van der Waals surface area contributed by atoms with Crippen LogP contribution in [0.1, 0.15) is 28.8 Å². The second-order valence-corrected chi connectivity index (χ2v) is 6.87. The first kappa shape index (κ1) is 17.2. The summed E-state index contributed by atoms with van der Waals surface area (Å²) in [6.07, 6.45) is 3.32. The number of nitrogens with two attached hydrogens (primary N) is 1. The molecule has 1 fully saturated rings. The first-order valence-electron chi connectivity index (χ1n) is 8.99. The summed E-state index contributed by atoms with van der Waals surface area (Å²) in [5, 5.41) is 13.2. The first-order valence-corrected chi connectivity index (χ1v) is 8.99. The minimum Gasteiger partial charge on any atom is -0.365 e. The van der Waals surface area contributed by atoms with Gasteiger partial charge in [-0.1, -0.05) is 24.3 Å². The molecule has 0 saturated carbocycles. The van der Waals surface area contributed by atoms with Gasteiger partial charge in [0.1, 0.15) is 6.33 Å². The van der Waals surface area contributed by atoms with Gasteiger partial charge in [0, 0.05) is 18.0 Å². The van der Waals surface area contributed by atoms with Crippen molar-refractivity contribution in [1.29, 1.82) is 5.26 Å². The second-order valence-electron chi connectivity index (χ2n) is 6.87. The minimum absolute atomic E-state index is 0.206. The highest BCUT2D eigenvalue weighted by molar-refractivity contribution is 5.99. The SMILES string of the molecule is N#CC1CCN(Cc2ccc(-c3ccc(C(N)=O)c4ncnn34)cc2)CC1. The third kappa shape index (κ3) is 3.39. The van der Waals surface area contributed by atoms with Gasteiger partial charge in [-0.3, -0.25) is 9.69 Å². The van der Waals surface area contributed by atoms with E-state index in [4.69, 9.17) is 11.0 Å². The lowest BCUT2D eigenvalue weighted by molar-refractivity contribution is 0.100. The van der Waals surface area contributed by atoms with Crippen molar-refractivity contribution in [1.82, 2.24) is 19.5 Å². The average molecular weight is 360 g/mol. The van der Waals surface area contributed by atoms with Gasteiger partial charge in [-0.15, -0.1) is 0 Å². The Kier molecular flexibility index (Phi) is 4.57. The Morgan fingerprint density at radius 3 is 2.59 bits per heavy atom. The molecule has 4 rings (SSSR count). The van der Waals surface area contributed by atoms with E-state index in [1.54, 1.807) is 10.6 Å². The van der Waals surface area contributed by atoms with Gasteiger partial charge < -0.3 is 5.73 Å². The van der Waals surface area contributed by atoms with E-state index < -0.39 is 5.91 Å². The van der Waals surface area contributed by atoms with E-state index in [2.05, 4.69) is 45.3 Å². The maximum absolute atomic E-state index is 11.6. The molecular formula is C20H20N6O. The lowest BCUT2D eigenvalue weighted by atomic mass is 9.98. The number of hydrogen-bond acceptors (Lipinski definition) is 5. The number of primary amides is 1. The summed E-state index contributed by atoms with van der Waals surface area (Å²) in [5.74, 6) is -0.313. The lowest BCUT2D eigenvalue weighted by Gasteiger charge is -2.29. The van der Waals surface area contributed by atoms with Crippen molar-refractivity contribution < 1.29 is 4.79 Å². The first-order chi connectivity index (χ1) is 13.2. The summed E-state index contributed by atoms with van der Waals surface area (Å²) in [4.78, 5) is 18.1. The third-order valence-corrected chi connectivity index (χ3v) is 5.12. The third-order valence-electron chi connectivity index (χ3n) is 5.12. The van der Waals surface area contributed by atoms with Crippen LogP contribution >= 0.6 is 0 Å². The predicted molar refractivity (Wildman–Crippen MR) is 101 cm³/mol. The van der Waals surface area contributed by atoms with Gasteiger partial charge in [-0.25, -0.2) is 9.50 Å². The molecular weight excluding hydrogens is 340 g/mol. The largest absolute Gasteiger partial charge is 0.365 e. The van der Waals surface area contributed by atoms with E-state index in [0.29, 0.717) is 11.2 Å². The van der Waals surface area contributed by atoms with Crippen LogP contribution in [0.25, 0.3) is 16.9 Å². The quantitative estimate of drug-likeness (QED) is 0.769. The summed E-state index contributed by atoms with van der Waals surface area (Å²) in [5.41, 5.74) is 9.31. The van der Waals surface area contributed by atoms with Gasteiger partial charge in [0.25, 0.3) is 5.91 Å². The number of piperidine rings is 1. The van der Waals surface area contributed by atoms with Crippen LogP contribution < -0.4 is 5.73 Å². The Balaban J connectivity index is 1.54. The molecule has 2 N–H and O–H groups in total. The second kappa shape index (κ2) is 7.17. The van der Waals surface area contributed by atoms with Gasteiger partial charge in [-0.2, -0.15) is 10.4 Å². The van der Waals surface area contributed by atoms with Crippen molar-refractivity contribution in [2.24, 2.45) is 11.7 Å². The summed E-state index contributed by atoms with van der Waals surface area (Å²) in [6, 6.07) is 14.2. The molecule has 0 bridgehead atoms. The van der Waals surface area contributed by atoms with Crippen LogP contribution in [0.2, 0.25) is 0 Å². The molecule has 3 heterocycles. The van der Waals surface area contributed by atoms with E-state index in [1.807, 2.05) is 6.07 Å². The van der Waals surface area contributed by atoms with Crippen LogP contribution in [0.5, 0.6) is 0 Å². The van der Waals surface area contributed by atoms with Crippen LogP contribution in [-0.2, 0) is 6.54 Å². The monoisotopic (exact) mass is 360 g/mol. The number of nitrogens with zero attached hydrogens (tertiary/aromatic N) is 5. The Morgan fingerprint density at radius 1 is 1.19 bits per heavy atom. The fraction of sp³-hybridized carbons (Fsp3) is 0.300. The highest BCUT2D eigenvalue weighted by Crippen LogP contribution is 2.23. The smallest absolute Gasteiger partial charge is 0.252 e. The summed E-state index contributed by atoms with van der Waals surface area (Å²) < 4.78 is 1.64. The molecule has 0 aliphatic carbocycles. The van der Waals surface area contributed by atoms with E-state index >= 15 is 0 Å². The number of amides is 1. The van der Waals surface area contributed by atoms with Crippen molar-refractivity contribution in [2.75, 3.05) is 13.1 Å². The molecule has 0 radical (unpaired) electrons. The number of nitriles is 1. The molecule has 7 nitrogen and oxygen atoms in total. The number of benzene rings is 1. The highest BCUT2D eigenvalue weighted by atomic mass is 16.1. The molecule has 0 unspecified atom stereocenters. The number of likely N-dealkylation sites (tertiary alicyclic amines) is 1. The number of rotatable bonds is 4. The van der Waals surface area contributed by atoms with Gasteiger partial charge in [-0.05, 0) is 43.6 Å². The van der Waals surface area contributed by atoms with Crippen molar-refractivity contribution in [2.45, 2.75) is 19.4 Å². The molecule has 1 aliphatic rings. The average Bonchev–Trinajstić information content (AvgIpc) is 3.18. The summed E-state index contributed by atoms with van der Waals surface area (Å²) in [7, 11) is 0. The molecule has 1 aliphatic heterocycles.